The summed E-state index contributed by atoms with van der Waals surface area (Å²) in [6.07, 6.45) is 0. The van der Waals surface area contributed by atoms with Gasteiger partial charge in [-0.1, -0.05) is 10.1 Å². The van der Waals surface area contributed by atoms with Crippen LogP contribution in [0, 0.1) is 13.8 Å². The van der Waals surface area contributed by atoms with Crippen LogP contribution in [0.25, 0.3) is 10.8 Å². The van der Waals surface area contributed by atoms with Gasteiger partial charge in [0.15, 0.2) is 27.9 Å². The van der Waals surface area contributed by atoms with Crippen LogP contribution in [0.15, 0.2) is 77.6 Å². The van der Waals surface area contributed by atoms with Gasteiger partial charge in [0.2, 0.25) is 0 Å². The number of fused-ring (bicyclic) bond motifs is 1. The number of phenols is 1. The summed E-state index contributed by atoms with van der Waals surface area (Å²) in [7, 11) is -7.83. The summed E-state index contributed by atoms with van der Waals surface area (Å²) >= 11 is 0.306. The normalized spacial score (nSPS) is 12.3. The number of rotatable bonds is 17. The van der Waals surface area contributed by atoms with Crippen LogP contribution >= 0.6 is 24.4 Å². The number of nitrogens with two attached hydrogens (primary N) is 1. The molecular formula is C28H27N5O16S4. The Morgan fingerprint density at radius 3 is 2.19 bits per heavy atom. The first-order valence-corrected chi connectivity index (χ1v) is 18.6. The molecular weight excluding hydrogens is 791 g/mol. The number of methoxy groups -OCH3 is 1. The van der Waals surface area contributed by atoms with Gasteiger partial charge >= 0.3 is 5.97 Å². The summed E-state index contributed by atoms with van der Waals surface area (Å²) in [6, 6.07) is 8.00. The number of sulfone groups is 1. The molecule has 0 atom stereocenters. The highest BCUT2D eigenvalue weighted by Crippen LogP contribution is 2.50. The number of azo groups is 2. The van der Waals surface area contributed by atoms with E-state index in [1.54, 1.807) is 19.1 Å². The van der Waals surface area contributed by atoms with Crippen molar-refractivity contribution in [1.29, 1.82) is 0 Å². The fourth-order valence-corrected chi connectivity index (χ4v) is 7.15. The lowest BCUT2D eigenvalue weighted by Crippen LogP contribution is -2.11. The van der Waals surface area contributed by atoms with Gasteiger partial charge in [-0.2, -0.15) is 8.42 Å². The van der Waals surface area contributed by atoms with Gasteiger partial charge in [-0.3, -0.25) is 8.74 Å². The van der Waals surface area contributed by atoms with Gasteiger partial charge in [0.05, 0.1) is 57.9 Å². The first kappa shape index (κ1) is 41.2. The molecule has 0 saturated carbocycles. The third kappa shape index (κ3) is 9.73. The number of aromatic carboxylic acids is 1. The largest absolute Gasteiger partial charge is 0.505 e. The zero-order valence-electron chi connectivity index (χ0n) is 27.2. The molecule has 53 heavy (non-hydrogen) atoms. The van der Waals surface area contributed by atoms with Crippen molar-refractivity contribution in [2.45, 2.75) is 28.5 Å². The highest BCUT2D eigenvalue weighted by atomic mass is 32.2. The number of hydrogen-bond acceptors (Lipinski definition) is 21. The second kappa shape index (κ2) is 17.5. The zero-order chi connectivity index (χ0) is 39.1. The van der Waals surface area contributed by atoms with E-state index in [4.69, 9.17) is 25.2 Å². The summed E-state index contributed by atoms with van der Waals surface area (Å²) < 4.78 is 79.7. The smallest absolute Gasteiger partial charge is 0.337 e. The molecule has 7 N–H and O–H groups in total. The molecule has 25 heteroatoms. The maximum absolute atomic E-state index is 12.9. The van der Waals surface area contributed by atoms with E-state index in [9.17, 15) is 36.4 Å². The number of hydrogen-bond donors (Lipinski definition) is 6. The molecule has 0 saturated heterocycles. The van der Waals surface area contributed by atoms with E-state index in [0.29, 0.717) is 5.75 Å². The monoisotopic (exact) mass is 817 g/mol. The van der Waals surface area contributed by atoms with Gasteiger partial charge in [-0.25, -0.2) is 23.7 Å². The minimum absolute atomic E-state index is 0.140. The number of phenolic OH excluding ortho intramolecular Hbond substituents is 1. The molecule has 21 nitrogen and oxygen atoms in total. The Kier molecular flexibility index (Phi) is 13.7. The molecule has 4 aromatic rings. The third-order valence-corrected chi connectivity index (χ3v) is 10.7. The molecule has 0 unspecified atom stereocenters. The Labute approximate surface area is 308 Å². The van der Waals surface area contributed by atoms with Gasteiger partial charge < -0.3 is 20.7 Å². The van der Waals surface area contributed by atoms with Gasteiger partial charge in [0.1, 0.15) is 33.4 Å². The molecule has 0 fully saturated rings. The standard InChI is InChI=1S/C28H27N5O16S4/c1-13-8-19(21(44-3)9-14(13)2)31-32-20-12-23(53(41,42)43)17-11-22(50-48-46-37)26(27(34)24(17)25(20)29)33-30-18-10-15(4-5-16(18)28(35)36)52(39,40)7-6-45-51-49-47-38/h4-5,8-12,34,37-38H,6-7,29H2,1-3H3,(H,35,36)(H,41,42,43). The maximum atomic E-state index is 12.9. The molecule has 284 valence electrons. The highest BCUT2D eigenvalue weighted by Gasteiger charge is 2.26. The van der Waals surface area contributed by atoms with Gasteiger partial charge in [-0.05, 0) is 67.4 Å². The van der Waals surface area contributed by atoms with Gasteiger partial charge in [0, 0.05) is 5.39 Å². The van der Waals surface area contributed by atoms with Gasteiger partial charge in [-0.15, -0.1) is 29.1 Å². The van der Waals surface area contributed by atoms with Crippen molar-refractivity contribution in [1.82, 2.24) is 0 Å². The average molecular weight is 818 g/mol. The predicted octanol–water partition coefficient (Wildman–Crippen LogP) is 6.73. The number of ether oxygens (including phenoxy) is 1. The summed E-state index contributed by atoms with van der Waals surface area (Å²) in [6.45, 7) is 3.19. The van der Waals surface area contributed by atoms with Crippen molar-refractivity contribution in [3.63, 3.8) is 0 Å². The lowest BCUT2D eigenvalue weighted by molar-refractivity contribution is -0.434. The average Bonchev–Trinajstić information content (AvgIpc) is 3.10. The number of carbonyl (C=O) groups is 1. The lowest BCUT2D eigenvalue weighted by Gasteiger charge is -2.14. The van der Waals surface area contributed by atoms with Crippen molar-refractivity contribution < 1.29 is 74.6 Å². The summed E-state index contributed by atoms with van der Waals surface area (Å²) in [5, 5.41) is 60.2. The number of nitrogen functional groups attached to an aromatic ring is 1. The predicted molar refractivity (Wildman–Crippen MR) is 185 cm³/mol. The number of carboxylic acid groups (broad SMARTS) is 1. The molecule has 0 aliphatic carbocycles. The second-order valence-electron chi connectivity index (χ2n) is 10.3. The van der Waals surface area contributed by atoms with Gasteiger partial charge in [0.25, 0.3) is 10.1 Å². The Balaban J connectivity index is 1.92. The number of aromatic hydroxyl groups is 1. The molecule has 0 aromatic heterocycles. The minimum atomic E-state index is -5.08. The first-order chi connectivity index (χ1) is 25.0. The van der Waals surface area contributed by atoms with Crippen LogP contribution in [0.4, 0.5) is 28.4 Å². The minimum Gasteiger partial charge on any atom is -0.505 e. The molecule has 0 spiro atoms. The van der Waals surface area contributed by atoms with E-state index in [-0.39, 0.29) is 46.3 Å². The van der Waals surface area contributed by atoms with E-state index in [1.165, 1.54) is 7.11 Å². The van der Waals surface area contributed by atoms with Crippen molar-refractivity contribution in [2.24, 2.45) is 20.5 Å². The summed E-state index contributed by atoms with van der Waals surface area (Å²) in [4.78, 5) is 10.4. The fourth-order valence-electron chi connectivity index (χ4n) is 4.54. The number of nitrogens with zero attached hydrogens (tertiary/aromatic N) is 4. The van der Waals surface area contributed by atoms with Crippen molar-refractivity contribution >= 4 is 89.5 Å². The van der Waals surface area contributed by atoms with E-state index in [1.807, 2.05) is 6.92 Å². The van der Waals surface area contributed by atoms with E-state index >= 15 is 0 Å². The maximum Gasteiger partial charge on any atom is 0.337 e. The Bertz CT molecular complexity index is 2320. The Morgan fingerprint density at radius 2 is 1.55 bits per heavy atom. The summed E-state index contributed by atoms with van der Waals surface area (Å²) in [5.41, 5.74) is 5.92. The third-order valence-electron chi connectivity index (χ3n) is 7.17. The van der Waals surface area contributed by atoms with Crippen molar-refractivity contribution in [2.75, 3.05) is 25.2 Å². The number of benzene rings is 4. The van der Waals surface area contributed by atoms with Crippen LogP contribution in [0.3, 0.4) is 0 Å². The number of aryl methyl sites for hydroxylation is 2. The van der Waals surface area contributed by atoms with Crippen LogP contribution < -0.4 is 10.5 Å². The van der Waals surface area contributed by atoms with Crippen LogP contribution in [0.1, 0.15) is 21.5 Å². The van der Waals surface area contributed by atoms with Crippen LogP contribution in [-0.4, -0.2) is 67.6 Å². The molecule has 0 heterocycles. The van der Waals surface area contributed by atoms with E-state index in [2.05, 4.69) is 39.2 Å². The van der Waals surface area contributed by atoms with Crippen LogP contribution in [0.2, 0.25) is 0 Å². The zero-order valence-corrected chi connectivity index (χ0v) is 30.4. The molecule has 0 bridgehead atoms. The number of carboxylic acids is 1. The second-order valence-corrected chi connectivity index (χ2v) is 15.1. The highest BCUT2D eigenvalue weighted by molar-refractivity contribution is 7.94. The summed E-state index contributed by atoms with van der Waals surface area (Å²) in [5.74, 6) is -2.79. The topological polar surface area (TPSA) is 317 Å². The molecule has 4 rings (SSSR count). The Hall–Kier alpha value is -4.51. The van der Waals surface area contributed by atoms with Crippen molar-refractivity contribution in [3.05, 3.63) is 59.2 Å². The fraction of sp³-hybridized carbons (Fsp3) is 0.179. The molecule has 0 radical (unpaired) electrons. The lowest BCUT2D eigenvalue weighted by atomic mass is 10.0. The number of anilines is 1. The van der Waals surface area contributed by atoms with E-state index in [0.717, 1.165) is 41.5 Å². The first-order valence-electron chi connectivity index (χ1n) is 14.1. The molecule has 0 amide bonds. The molecule has 0 aliphatic heterocycles. The van der Waals surface area contributed by atoms with Crippen LogP contribution in [-0.2, 0) is 42.9 Å². The molecule has 0 aliphatic rings. The SMILES string of the molecule is COc1cc(C)c(C)cc1N=Nc1cc(S(=O)(=O)O)c2cc(SOOO)c(N=Nc3cc(S(=O)(=O)CCOSOOO)ccc3C(=O)O)c(O)c2c1N. The van der Waals surface area contributed by atoms with Crippen molar-refractivity contribution in [3.8, 4) is 11.5 Å². The van der Waals surface area contributed by atoms with Crippen LogP contribution in [0.5, 0.6) is 11.5 Å². The molecule has 4 aromatic carbocycles. The Morgan fingerprint density at radius 1 is 0.887 bits per heavy atom. The quantitative estimate of drug-likeness (QED) is 0.0122. The van der Waals surface area contributed by atoms with E-state index < -0.39 is 81.5 Å².